The summed E-state index contributed by atoms with van der Waals surface area (Å²) in [6, 6.07) is 11.7. The second kappa shape index (κ2) is 8.26. The third-order valence-corrected chi connectivity index (χ3v) is 5.87. The van der Waals surface area contributed by atoms with Crippen LogP contribution in [0.5, 0.6) is 11.5 Å². The van der Waals surface area contributed by atoms with Crippen LogP contribution >= 0.6 is 0 Å². The van der Waals surface area contributed by atoms with Gasteiger partial charge in [-0.3, -0.25) is 14.4 Å². The molecule has 1 aliphatic heterocycles. The molecule has 0 radical (unpaired) electrons. The number of carbonyl (C=O) groups excluding carboxylic acids is 3. The number of imide groups is 1. The fraction of sp³-hybridized carbons (Fsp3) is 0.292. The molecule has 0 aromatic heterocycles. The summed E-state index contributed by atoms with van der Waals surface area (Å²) in [7, 11) is 3.04. The Bertz CT molecular complexity index is 1090. The van der Waals surface area contributed by atoms with Crippen molar-refractivity contribution in [3.05, 3.63) is 59.7 Å². The molecule has 2 aromatic carbocycles. The zero-order chi connectivity index (χ0) is 22.1. The zero-order valence-electron chi connectivity index (χ0n) is 17.7. The first kappa shape index (κ1) is 20.7. The van der Waals surface area contributed by atoms with Crippen LogP contribution in [0.2, 0.25) is 0 Å². The van der Waals surface area contributed by atoms with Gasteiger partial charge in [-0.25, -0.2) is 4.90 Å². The highest BCUT2D eigenvalue weighted by molar-refractivity contribution is 6.25. The molecule has 0 unspecified atom stereocenters. The maximum Gasteiger partial charge on any atom is 0.257 e. The summed E-state index contributed by atoms with van der Waals surface area (Å²) in [5, 5.41) is 2.81. The number of allylic oxidation sites excluding steroid dienone is 2. The van der Waals surface area contributed by atoms with E-state index in [1.165, 1.54) is 19.1 Å². The Morgan fingerprint density at radius 1 is 1.03 bits per heavy atom. The number of para-hydroxylation sites is 1. The lowest BCUT2D eigenvalue weighted by molar-refractivity contribution is -0.122. The van der Waals surface area contributed by atoms with Gasteiger partial charge in [-0.15, -0.1) is 0 Å². The van der Waals surface area contributed by atoms with Crippen molar-refractivity contribution in [2.24, 2.45) is 11.8 Å². The maximum atomic E-state index is 13.2. The predicted molar refractivity (Wildman–Crippen MR) is 116 cm³/mol. The van der Waals surface area contributed by atoms with E-state index in [-0.39, 0.29) is 29.2 Å². The average Bonchev–Trinajstić information content (AvgIpc) is 3.02. The molecule has 1 aliphatic carbocycles. The molecule has 3 amide bonds. The quantitative estimate of drug-likeness (QED) is 0.587. The highest BCUT2D eigenvalue weighted by Crippen LogP contribution is 2.41. The fourth-order valence-corrected chi connectivity index (χ4v) is 4.24. The first-order chi connectivity index (χ1) is 14.9. The molecular weight excluding hydrogens is 396 g/mol. The Balaban J connectivity index is 1.66. The summed E-state index contributed by atoms with van der Waals surface area (Å²) in [5.74, 6) is -0.668. The van der Waals surface area contributed by atoms with E-state index < -0.39 is 5.91 Å². The van der Waals surface area contributed by atoms with Crippen molar-refractivity contribution in [1.82, 2.24) is 0 Å². The number of hydrogen-bond donors (Lipinski definition) is 1. The monoisotopic (exact) mass is 420 g/mol. The Hall–Kier alpha value is -3.61. The van der Waals surface area contributed by atoms with E-state index in [1.54, 1.807) is 42.5 Å². The molecule has 7 nitrogen and oxygen atoms in total. The van der Waals surface area contributed by atoms with Crippen LogP contribution in [-0.2, 0) is 9.59 Å². The summed E-state index contributed by atoms with van der Waals surface area (Å²) >= 11 is 0. The molecule has 2 aliphatic rings. The lowest BCUT2D eigenvalue weighted by Crippen LogP contribution is -2.33. The second-order valence-corrected chi connectivity index (χ2v) is 7.75. The van der Waals surface area contributed by atoms with Gasteiger partial charge in [-0.2, -0.15) is 0 Å². The van der Waals surface area contributed by atoms with Gasteiger partial charge in [0.15, 0.2) is 0 Å². The van der Waals surface area contributed by atoms with Gasteiger partial charge in [-0.05, 0) is 44.0 Å². The molecule has 0 bridgehead atoms. The van der Waals surface area contributed by atoms with Crippen molar-refractivity contribution in [3.8, 4) is 11.5 Å². The molecule has 2 atom stereocenters. The first-order valence-corrected chi connectivity index (χ1v) is 10.1. The number of nitrogens with one attached hydrogen (secondary N) is 1. The Kier molecular flexibility index (Phi) is 5.50. The van der Waals surface area contributed by atoms with Crippen LogP contribution in [0.25, 0.3) is 0 Å². The van der Waals surface area contributed by atoms with E-state index in [0.29, 0.717) is 35.7 Å². The number of carbonyl (C=O) groups is 3. The number of rotatable bonds is 5. The highest BCUT2D eigenvalue weighted by atomic mass is 16.5. The van der Waals surface area contributed by atoms with E-state index in [1.807, 2.05) is 13.0 Å². The van der Waals surface area contributed by atoms with Gasteiger partial charge in [0.2, 0.25) is 11.8 Å². The largest absolute Gasteiger partial charge is 0.497 e. The molecular formula is C24H24N2O5. The van der Waals surface area contributed by atoms with Crippen molar-refractivity contribution in [1.29, 1.82) is 0 Å². The predicted octanol–water partition coefficient (Wildman–Crippen LogP) is 3.80. The minimum Gasteiger partial charge on any atom is -0.497 e. The Morgan fingerprint density at radius 3 is 2.52 bits per heavy atom. The van der Waals surface area contributed by atoms with Gasteiger partial charge in [0.25, 0.3) is 5.91 Å². The van der Waals surface area contributed by atoms with Crippen LogP contribution in [0.3, 0.4) is 0 Å². The molecule has 7 heteroatoms. The normalized spacial score (nSPS) is 20.2. The number of amides is 3. The number of nitrogens with zero attached hydrogens (tertiary/aromatic N) is 1. The fourth-order valence-electron chi connectivity index (χ4n) is 4.24. The van der Waals surface area contributed by atoms with Gasteiger partial charge in [0.1, 0.15) is 11.5 Å². The highest BCUT2D eigenvalue weighted by Gasteiger charge is 2.49. The van der Waals surface area contributed by atoms with E-state index >= 15 is 0 Å². The van der Waals surface area contributed by atoms with Gasteiger partial charge in [-0.1, -0.05) is 23.8 Å². The number of ether oxygens (including phenoxy) is 2. The van der Waals surface area contributed by atoms with E-state index in [0.717, 1.165) is 5.57 Å². The molecule has 1 fully saturated rings. The van der Waals surface area contributed by atoms with Gasteiger partial charge >= 0.3 is 0 Å². The van der Waals surface area contributed by atoms with Crippen LogP contribution in [-0.4, -0.2) is 31.9 Å². The summed E-state index contributed by atoms with van der Waals surface area (Å²) < 4.78 is 10.6. The molecule has 4 rings (SSSR count). The van der Waals surface area contributed by atoms with Crippen molar-refractivity contribution in [2.75, 3.05) is 24.4 Å². The lowest BCUT2D eigenvalue weighted by Gasteiger charge is -2.19. The third kappa shape index (κ3) is 3.67. The molecule has 1 heterocycles. The van der Waals surface area contributed by atoms with E-state index in [2.05, 4.69) is 5.32 Å². The first-order valence-electron chi connectivity index (χ1n) is 10.1. The Morgan fingerprint density at radius 2 is 1.77 bits per heavy atom. The van der Waals surface area contributed by atoms with E-state index in [4.69, 9.17) is 9.47 Å². The molecule has 0 spiro atoms. The number of anilines is 2. The third-order valence-electron chi connectivity index (χ3n) is 5.87. The Labute approximate surface area is 180 Å². The van der Waals surface area contributed by atoms with Gasteiger partial charge in [0, 0.05) is 6.07 Å². The van der Waals surface area contributed by atoms with Crippen LogP contribution in [0, 0.1) is 11.8 Å². The molecule has 2 aromatic rings. The van der Waals surface area contributed by atoms with Gasteiger partial charge in [0.05, 0.1) is 43.0 Å². The van der Waals surface area contributed by atoms with Crippen molar-refractivity contribution >= 4 is 29.1 Å². The number of hydrogen-bond acceptors (Lipinski definition) is 5. The van der Waals surface area contributed by atoms with Crippen LogP contribution in [0.15, 0.2) is 54.1 Å². The standard InChI is InChI=1S/C24H24N2O5/c1-14-8-10-16-18(12-14)24(29)26(23(16)28)20-7-5-4-6-17(20)22(27)25-19-13-15(30-2)9-11-21(19)31-3/h4-9,11,13,16,18H,10,12H2,1-3H3,(H,25,27)/t16-,18+/m1/s1. The minimum atomic E-state index is -0.452. The second-order valence-electron chi connectivity index (χ2n) is 7.75. The smallest absolute Gasteiger partial charge is 0.257 e. The molecule has 1 N–H and O–H groups in total. The summed E-state index contributed by atoms with van der Waals surface area (Å²) in [5.41, 5.74) is 2.07. The summed E-state index contributed by atoms with van der Waals surface area (Å²) in [6.45, 7) is 1.97. The van der Waals surface area contributed by atoms with Crippen molar-refractivity contribution < 1.29 is 23.9 Å². The van der Waals surface area contributed by atoms with Crippen LogP contribution < -0.4 is 19.7 Å². The molecule has 160 valence electrons. The number of benzene rings is 2. The van der Waals surface area contributed by atoms with Crippen molar-refractivity contribution in [3.63, 3.8) is 0 Å². The molecule has 31 heavy (non-hydrogen) atoms. The molecule has 0 saturated carbocycles. The lowest BCUT2D eigenvalue weighted by atomic mass is 9.82. The summed E-state index contributed by atoms with van der Waals surface area (Å²) in [4.78, 5) is 40.6. The molecule has 1 saturated heterocycles. The van der Waals surface area contributed by atoms with Gasteiger partial charge < -0.3 is 14.8 Å². The van der Waals surface area contributed by atoms with Crippen LogP contribution in [0.4, 0.5) is 11.4 Å². The van der Waals surface area contributed by atoms with Crippen LogP contribution in [0.1, 0.15) is 30.1 Å². The topological polar surface area (TPSA) is 84.9 Å². The minimum absolute atomic E-state index is 0.234. The summed E-state index contributed by atoms with van der Waals surface area (Å²) in [6.07, 6.45) is 3.14. The van der Waals surface area contributed by atoms with E-state index in [9.17, 15) is 14.4 Å². The zero-order valence-corrected chi connectivity index (χ0v) is 17.7. The SMILES string of the molecule is COc1ccc(OC)c(NC(=O)c2ccccc2N2C(=O)[C@H]3CC(C)=CC[C@H]3C2=O)c1. The van der Waals surface area contributed by atoms with Crippen molar-refractivity contribution in [2.45, 2.75) is 19.8 Å². The number of methoxy groups -OCH3 is 2. The number of fused-ring (bicyclic) bond motifs is 1. The maximum absolute atomic E-state index is 13.2. The average molecular weight is 420 g/mol.